The number of hydrogen-bond acceptors (Lipinski definition) is 2. The van der Waals surface area contributed by atoms with E-state index in [0.717, 1.165) is 35.5 Å². The van der Waals surface area contributed by atoms with Gasteiger partial charge in [0.25, 0.3) is 0 Å². The van der Waals surface area contributed by atoms with Crippen molar-refractivity contribution >= 4 is 5.69 Å². The minimum atomic E-state index is -0.242. The lowest BCUT2D eigenvalue weighted by Gasteiger charge is -2.08. The first kappa shape index (κ1) is 13.6. The Morgan fingerprint density at radius 2 is 1.95 bits per heavy atom. The van der Waals surface area contributed by atoms with Gasteiger partial charge in [0.05, 0.1) is 5.69 Å². The lowest BCUT2D eigenvalue weighted by atomic mass is 10.0. The van der Waals surface area contributed by atoms with Gasteiger partial charge in [-0.15, -0.1) is 0 Å². The van der Waals surface area contributed by atoms with E-state index in [1.807, 2.05) is 25.5 Å². The minimum Gasteiger partial charge on any atom is -0.398 e. The highest BCUT2D eigenvalue weighted by Crippen LogP contribution is 2.32. The van der Waals surface area contributed by atoms with E-state index in [9.17, 15) is 4.39 Å². The number of anilines is 1. The van der Waals surface area contributed by atoms with E-state index >= 15 is 0 Å². The second-order valence-corrected chi connectivity index (χ2v) is 4.96. The lowest BCUT2D eigenvalue weighted by molar-refractivity contribution is 0.583. The van der Waals surface area contributed by atoms with Crippen LogP contribution < -0.4 is 5.73 Å². The number of hydrogen-bond donors (Lipinski definition) is 1. The van der Waals surface area contributed by atoms with Crippen LogP contribution in [0.1, 0.15) is 30.3 Å². The molecule has 0 unspecified atom stereocenters. The van der Waals surface area contributed by atoms with E-state index in [4.69, 9.17) is 5.73 Å². The Kier molecular flexibility index (Phi) is 3.60. The van der Waals surface area contributed by atoms with Gasteiger partial charge >= 0.3 is 0 Å². The number of nitrogens with two attached hydrogens (primary N) is 1. The molecule has 0 radical (unpaired) electrons. The zero-order valence-corrected chi connectivity index (χ0v) is 11.9. The summed E-state index contributed by atoms with van der Waals surface area (Å²) in [7, 11) is 0. The summed E-state index contributed by atoms with van der Waals surface area (Å²) in [6.45, 7) is 8.63. The molecule has 0 bridgehead atoms. The number of benzene rings is 1. The summed E-state index contributed by atoms with van der Waals surface area (Å²) in [5, 5.41) is 4.48. The van der Waals surface area contributed by atoms with Gasteiger partial charge in [-0.1, -0.05) is 6.92 Å². The highest BCUT2D eigenvalue weighted by atomic mass is 19.1. The van der Waals surface area contributed by atoms with Crippen LogP contribution in [0.15, 0.2) is 12.1 Å². The Labute approximate surface area is 113 Å². The van der Waals surface area contributed by atoms with Gasteiger partial charge in [-0.3, -0.25) is 4.68 Å². The third-order valence-corrected chi connectivity index (χ3v) is 3.44. The molecule has 4 heteroatoms. The quantitative estimate of drug-likeness (QED) is 0.858. The summed E-state index contributed by atoms with van der Waals surface area (Å²) in [5.41, 5.74) is 10.5. The SMILES string of the molecule is CCCn1nc(C)c(-c2cc(N)c(C)cc2F)c1C. The Balaban J connectivity index is 2.62. The molecule has 0 aliphatic rings. The smallest absolute Gasteiger partial charge is 0.131 e. The standard InChI is InChI=1S/C15H20FN3/c1-5-6-19-11(4)15(10(3)18-19)12-8-14(17)9(2)7-13(12)16/h7-8H,5-6,17H2,1-4H3. The normalized spacial score (nSPS) is 11.0. The van der Waals surface area contributed by atoms with Crippen LogP contribution in [0.5, 0.6) is 0 Å². The van der Waals surface area contributed by atoms with E-state index in [1.165, 1.54) is 6.07 Å². The first-order chi connectivity index (χ1) is 8.95. The molecule has 2 aromatic rings. The fourth-order valence-corrected chi connectivity index (χ4v) is 2.40. The van der Waals surface area contributed by atoms with Crippen LogP contribution in [0.25, 0.3) is 11.1 Å². The Bertz CT molecular complexity index is 614. The van der Waals surface area contributed by atoms with Crippen LogP contribution in [-0.4, -0.2) is 9.78 Å². The molecule has 2 rings (SSSR count). The van der Waals surface area contributed by atoms with Gasteiger partial charge in [-0.05, 0) is 44.9 Å². The molecule has 0 aliphatic carbocycles. The van der Waals surface area contributed by atoms with Crippen molar-refractivity contribution in [2.75, 3.05) is 5.73 Å². The predicted molar refractivity (Wildman–Crippen MR) is 76.5 cm³/mol. The Hall–Kier alpha value is -1.84. The van der Waals surface area contributed by atoms with E-state index in [-0.39, 0.29) is 5.82 Å². The summed E-state index contributed by atoms with van der Waals surface area (Å²) in [6.07, 6.45) is 1.000. The van der Waals surface area contributed by atoms with Crippen molar-refractivity contribution in [2.45, 2.75) is 40.7 Å². The van der Waals surface area contributed by atoms with Crippen LogP contribution in [0.2, 0.25) is 0 Å². The molecule has 0 atom stereocenters. The minimum absolute atomic E-state index is 0.242. The maximum Gasteiger partial charge on any atom is 0.131 e. The number of rotatable bonds is 3. The number of halogens is 1. The van der Waals surface area contributed by atoms with Crippen LogP contribution in [0, 0.1) is 26.6 Å². The average Bonchev–Trinajstić information content (AvgIpc) is 2.61. The van der Waals surface area contributed by atoms with E-state index in [1.54, 1.807) is 6.07 Å². The zero-order valence-electron chi connectivity index (χ0n) is 11.9. The topological polar surface area (TPSA) is 43.8 Å². The van der Waals surface area contributed by atoms with Crippen LogP contribution in [0.3, 0.4) is 0 Å². The van der Waals surface area contributed by atoms with Gasteiger partial charge in [0.1, 0.15) is 5.82 Å². The first-order valence-corrected chi connectivity index (χ1v) is 6.55. The molecule has 0 saturated heterocycles. The van der Waals surface area contributed by atoms with E-state index < -0.39 is 0 Å². The average molecular weight is 261 g/mol. The summed E-state index contributed by atoms with van der Waals surface area (Å²) in [5.74, 6) is -0.242. The van der Waals surface area contributed by atoms with Gasteiger partial charge in [-0.2, -0.15) is 5.10 Å². The highest BCUT2D eigenvalue weighted by Gasteiger charge is 2.17. The van der Waals surface area contributed by atoms with Crippen LogP contribution >= 0.6 is 0 Å². The summed E-state index contributed by atoms with van der Waals surface area (Å²) in [4.78, 5) is 0. The van der Waals surface area contributed by atoms with Crippen molar-refractivity contribution in [2.24, 2.45) is 0 Å². The van der Waals surface area contributed by atoms with E-state index in [2.05, 4.69) is 12.0 Å². The summed E-state index contributed by atoms with van der Waals surface area (Å²) in [6, 6.07) is 3.19. The molecule has 0 spiro atoms. The number of nitrogen functional groups attached to an aromatic ring is 1. The van der Waals surface area contributed by atoms with Gasteiger partial charge in [0, 0.05) is 29.1 Å². The summed E-state index contributed by atoms with van der Waals surface area (Å²) < 4.78 is 16.1. The second kappa shape index (κ2) is 5.03. The largest absolute Gasteiger partial charge is 0.398 e. The maximum absolute atomic E-state index is 14.2. The molecule has 1 aromatic carbocycles. The lowest BCUT2D eigenvalue weighted by Crippen LogP contribution is -2.01. The molecule has 0 aliphatic heterocycles. The molecule has 19 heavy (non-hydrogen) atoms. The van der Waals surface area contributed by atoms with Crippen molar-refractivity contribution in [3.8, 4) is 11.1 Å². The van der Waals surface area contributed by atoms with Crippen LogP contribution in [0.4, 0.5) is 10.1 Å². The molecule has 1 heterocycles. The van der Waals surface area contributed by atoms with Crippen molar-refractivity contribution in [3.05, 3.63) is 34.9 Å². The van der Waals surface area contributed by atoms with Gasteiger partial charge < -0.3 is 5.73 Å². The number of aryl methyl sites for hydroxylation is 3. The molecule has 0 saturated carbocycles. The fourth-order valence-electron chi connectivity index (χ4n) is 2.40. The molecule has 2 N–H and O–H groups in total. The molecule has 0 amide bonds. The van der Waals surface area contributed by atoms with Crippen molar-refractivity contribution in [1.82, 2.24) is 9.78 Å². The first-order valence-electron chi connectivity index (χ1n) is 6.55. The monoisotopic (exact) mass is 261 g/mol. The third kappa shape index (κ3) is 2.35. The van der Waals surface area contributed by atoms with Crippen LogP contribution in [-0.2, 0) is 6.54 Å². The molecular formula is C15H20FN3. The predicted octanol–water partition coefficient (Wildman–Crippen LogP) is 3.61. The molecule has 3 nitrogen and oxygen atoms in total. The second-order valence-electron chi connectivity index (χ2n) is 4.96. The number of aromatic nitrogens is 2. The molecule has 102 valence electrons. The van der Waals surface area contributed by atoms with Gasteiger partial charge in [0.15, 0.2) is 0 Å². The van der Waals surface area contributed by atoms with Gasteiger partial charge in [-0.25, -0.2) is 4.39 Å². The Morgan fingerprint density at radius 3 is 2.58 bits per heavy atom. The summed E-state index contributed by atoms with van der Waals surface area (Å²) >= 11 is 0. The third-order valence-electron chi connectivity index (χ3n) is 3.44. The Morgan fingerprint density at radius 1 is 1.26 bits per heavy atom. The van der Waals surface area contributed by atoms with E-state index in [0.29, 0.717) is 11.3 Å². The van der Waals surface area contributed by atoms with Crippen molar-refractivity contribution < 1.29 is 4.39 Å². The fraction of sp³-hybridized carbons (Fsp3) is 0.400. The van der Waals surface area contributed by atoms with Crippen molar-refractivity contribution in [3.63, 3.8) is 0 Å². The zero-order chi connectivity index (χ0) is 14.2. The van der Waals surface area contributed by atoms with Crippen molar-refractivity contribution in [1.29, 1.82) is 0 Å². The molecular weight excluding hydrogens is 241 g/mol. The maximum atomic E-state index is 14.2. The van der Waals surface area contributed by atoms with Gasteiger partial charge in [0.2, 0.25) is 0 Å². The molecule has 0 fully saturated rings. The number of nitrogens with zero attached hydrogens (tertiary/aromatic N) is 2. The molecule has 1 aromatic heterocycles. The highest BCUT2D eigenvalue weighted by molar-refractivity contribution is 5.73.